The molecule has 0 radical (unpaired) electrons. The average Bonchev–Trinajstić information content (AvgIpc) is 3.28. The fourth-order valence-electron chi connectivity index (χ4n) is 1.87. The first kappa shape index (κ1) is 13.5. The van der Waals surface area contributed by atoms with Crippen LogP contribution in [0.4, 0.5) is 0 Å². The molecule has 1 fully saturated rings. The first-order valence-corrected chi connectivity index (χ1v) is 6.46. The molecule has 0 N–H and O–H groups in total. The van der Waals surface area contributed by atoms with E-state index in [1.165, 1.54) is 7.11 Å². The first-order chi connectivity index (χ1) is 9.20. The summed E-state index contributed by atoms with van der Waals surface area (Å²) >= 11 is 0. The normalized spacial score (nSPS) is 13.9. The van der Waals surface area contributed by atoms with Crippen LogP contribution in [0.3, 0.4) is 0 Å². The third kappa shape index (κ3) is 4.05. The molecule has 0 saturated heterocycles. The summed E-state index contributed by atoms with van der Waals surface area (Å²) in [5, 5.41) is 0. The summed E-state index contributed by atoms with van der Waals surface area (Å²) in [6.07, 6.45) is 3.84. The number of hydrogen-bond acceptors (Lipinski definition) is 4. The van der Waals surface area contributed by atoms with Crippen LogP contribution in [0, 0.1) is 5.92 Å². The average molecular weight is 262 g/mol. The van der Waals surface area contributed by atoms with E-state index in [-0.39, 0.29) is 24.2 Å². The molecule has 2 rings (SSSR count). The summed E-state index contributed by atoms with van der Waals surface area (Å²) in [4.78, 5) is 29.3. The number of aromatic nitrogens is 1. The van der Waals surface area contributed by atoms with E-state index in [1.54, 1.807) is 11.1 Å². The van der Waals surface area contributed by atoms with Crippen LogP contribution in [0.15, 0.2) is 24.4 Å². The third-order valence-corrected chi connectivity index (χ3v) is 3.13. The van der Waals surface area contributed by atoms with Gasteiger partial charge in [0.15, 0.2) is 0 Å². The Morgan fingerprint density at radius 2 is 2.21 bits per heavy atom. The van der Waals surface area contributed by atoms with E-state index >= 15 is 0 Å². The van der Waals surface area contributed by atoms with E-state index in [1.807, 2.05) is 18.2 Å². The van der Waals surface area contributed by atoms with Crippen molar-refractivity contribution in [3.8, 4) is 0 Å². The minimum Gasteiger partial charge on any atom is -0.469 e. The number of nitrogens with zero attached hydrogens (tertiary/aromatic N) is 2. The van der Waals surface area contributed by atoms with Gasteiger partial charge in [-0.2, -0.15) is 0 Å². The summed E-state index contributed by atoms with van der Waals surface area (Å²) in [6.45, 7) is 0.839. The largest absolute Gasteiger partial charge is 0.469 e. The molecule has 19 heavy (non-hydrogen) atoms. The van der Waals surface area contributed by atoms with E-state index in [0.717, 1.165) is 18.5 Å². The van der Waals surface area contributed by atoms with Gasteiger partial charge in [0.2, 0.25) is 5.91 Å². The predicted molar refractivity (Wildman–Crippen MR) is 69.0 cm³/mol. The number of ether oxygens (including phenoxy) is 1. The molecule has 0 aliphatic heterocycles. The number of rotatable bonds is 6. The summed E-state index contributed by atoms with van der Waals surface area (Å²) in [5.41, 5.74) is 0.835. The van der Waals surface area contributed by atoms with Crippen LogP contribution in [0.1, 0.15) is 25.0 Å². The van der Waals surface area contributed by atoms with Crippen LogP contribution < -0.4 is 0 Å². The number of amides is 1. The molecule has 1 saturated carbocycles. The second kappa shape index (κ2) is 6.31. The lowest BCUT2D eigenvalue weighted by Gasteiger charge is -2.21. The highest BCUT2D eigenvalue weighted by molar-refractivity contribution is 5.81. The van der Waals surface area contributed by atoms with Gasteiger partial charge in [-0.1, -0.05) is 6.07 Å². The monoisotopic (exact) mass is 262 g/mol. The fourth-order valence-corrected chi connectivity index (χ4v) is 1.87. The number of carbonyl (C=O) groups excluding carboxylic acids is 2. The zero-order valence-corrected chi connectivity index (χ0v) is 11.0. The molecule has 102 valence electrons. The topological polar surface area (TPSA) is 59.5 Å². The van der Waals surface area contributed by atoms with Crippen molar-refractivity contribution in [2.75, 3.05) is 13.7 Å². The lowest BCUT2D eigenvalue weighted by atomic mass is 10.2. The standard InChI is InChI=1S/C14H18N2O3/c1-19-13(17)7-9-16(14(18)11-5-6-11)10-12-4-2-3-8-15-12/h2-4,8,11H,5-7,9-10H2,1H3. The summed E-state index contributed by atoms with van der Waals surface area (Å²) < 4.78 is 4.61. The Bertz CT molecular complexity index is 443. The van der Waals surface area contributed by atoms with Crippen molar-refractivity contribution in [2.24, 2.45) is 5.92 Å². The molecule has 0 bridgehead atoms. The van der Waals surface area contributed by atoms with Crippen LogP contribution in [-0.4, -0.2) is 35.4 Å². The minimum absolute atomic E-state index is 0.120. The van der Waals surface area contributed by atoms with Gasteiger partial charge in [0, 0.05) is 18.7 Å². The van der Waals surface area contributed by atoms with Crippen LogP contribution in [0.2, 0.25) is 0 Å². The van der Waals surface area contributed by atoms with Crippen molar-refractivity contribution in [3.05, 3.63) is 30.1 Å². The molecule has 1 heterocycles. The van der Waals surface area contributed by atoms with Crippen LogP contribution in [0.25, 0.3) is 0 Å². The van der Waals surface area contributed by atoms with Crippen LogP contribution in [-0.2, 0) is 20.9 Å². The Balaban J connectivity index is 1.97. The van der Waals surface area contributed by atoms with Crippen molar-refractivity contribution in [3.63, 3.8) is 0 Å². The molecule has 1 aliphatic carbocycles. The number of esters is 1. The van der Waals surface area contributed by atoms with E-state index in [9.17, 15) is 9.59 Å². The van der Waals surface area contributed by atoms with Gasteiger partial charge in [0.1, 0.15) is 0 Å². The number of carbonyl (C=O) groups is 2. The highest BCUT2D eigenvalue weighted by Gasteiger charge is 2.33. The fraction of sp³-hybridized carbons (Fsp3) is 0.500. The first-order valence-electron chi connectivity index (χ1n) is 6.46. The van der Waals surface area contributed by atoms with Crippen molar-refractivity contribution in [1.82, 2.24) is 9.88 Å². The van der Waals surface area contributed by atoms with Gasteiger partial charge in [0.25, 0.3) is 0 Å². The lowest BCUT2D eigenvalue weighted by molar-refractivity contribution is -0.142. The van der Waals surface area contributed by atoms with Gasteiger partial charge in [-0.3, -0.25) is 14.6 Å². The molecular weight excluding hydrogens is 244 g/mol. The number of methoxy groups -OCH3 is 1. The second-order valence-electron chi connectivity index (χ2n) is 4.68. The second-order valence-corrected chi connectivity index (χ2v) is 4.68. The SMILES string of the molecule is COC(=O)CCN(Cc1ccccn1)C(=O)C1CC1. The van der Waals surface area contributed by atoms with E-state index in [0.29, 0.717) is 13.1 Å². The smallest absolute Gasteiger partial charge is 0.307 e. The Morgan fingerprint density at radius 1 is 1.42 bits per heavy atom. The van der Waals surface area contributed by atoms with Crippen molar-refractivity contribution < 1.29 is 14.3 Å². The summed E-state index contributed by atoms with van der Waals surface area (Å²) in [7, 11) is 1.36. The van der Waals surface area contributed by atoms with Crippen molar-refractivity contribution in [1.29, 1.82) is 0 Å². The number of hydrogen-bond donors (Lipinski definition) is 0. The van der Waals surface area contributed by atoms with E-state index < -0.39 is 0 Å². The minimum atomic E-state index is -0.297. The molecule has 1 aromatic heterocycles. The van der Waals surface area contributed by atoms with E-state index in [2.05, 4.69) is 9.72 Å². The number of pyridine rings is 1. The zero-order chi connectivity index (χ0) is 13.7. The maximum Gasteiger partial charge on any atom is 0.307 e. The molecule has 0 atom stereocenters. The molecule has 0 unspecified atom stereocenters. The lowest BCUT2D eigenvalue weighted by Crippen LogP contribution is -2.34. The van der Waals surface area contributed by atoms with Crippen LogP contribution in [0.5, 0.6) is 0 Å². The molecule has 5 heteroatoms. The third-order valence-electron chi connectivity index (χ3n) is 3.13. The summed E-state index contributed by atoms with van der Waals surface area (Å²) in [5.74, 6) is -0.0365. The Morgan fingerprint density at radius 3 is 2.79 bits per heavy atom. The molecule has 1 aliphatic rings. The van der Waals surface area contributed by atoms with Gasteiger partial charge in [-0.05, 0) is 25.0 Å². The maximum absolute atomic E-state index is 12.2. The Kier molecular flexibility index (Phi) is 4.49. The Labute approximate surface area is 112 Å². The molecule has 0 spiro atoms. The van der Waals surface area contributed by atoms with Crippen LogP contribution >= 0.6 is 0 Å². The highest BCUT2D eigenvalue weighted by atomic mass is 16.5. The van der Waals surface area contributed by atoms with Gasteiger partial charge in [-0.25, -0.2) is 0 Å². The summed E-state index contributed by atoms with van der Waals surface area (Å²) in [6, 6.07) is 5.61. The van der Waals surface area contributed by atoms with Gasteiger partial charge >= 0.3 is 5.97 Å². The van der Waals surface area contributed by atoms with Crippen molar-refractivity contribution in [2.45, 2.75) is 25.8 Å². The quantitative estimate of drug-likeness (QED) is 0.727. The molecule has 5 nitrogen and oxygen atoms in total. The molecule has 1 aromatic rings. The van der Waals surface area contributed by atoms with Gasteiger partial charge in [0.05, 0.1) is 25.8 Å². The van der Waals surface area contributed by atoms with E-state index in [4.69, 9.17) is 0 Å². The predicted octanol–water partition coefficient (Wildman–Crippen LogP) is 1.38. The maximum atomic E-state index is 12.2. The van der Waals surface area contributed by atoms with Crippen molar-refractivity contribution >= 4 is 11.9 Å². The zero-order valence-electron chi connectivity index (χ0n) is 11.0. The van der Waals surface area contributed by atoms with Gasteiger partial charge < -0.3 is 9.64 Å². The molecule has 0 aromatic carbocycles. The highest BCUT2D eigenvalue weighted by Crippen LogP contribution is 2.31. The molecule has 1 amide bonds. The van der Waals surface area contributed by atoms with Gasteiger partial charge in [-0.15, -0.1) is 0 Å². The molecular formula is C14H18N2O3. The Hall–Kier alpha value is -1.91.